The lowest BCUT2D eigenvalue weighted by molar-refractivity contribution is 0.267. The second-order valence-corrected chi connectivity index (χ2v) is 3.28. The van der Waals surface area contributed by atoms with Gasteiger partial charge in [0.25, 0.3) is 0 Å². The summed E-state index contributed by atoms with van der Waals surface area (Å²) in [7, 11) is 0. The molecule has 1 heteroatoms. The van der Waals surface area contributed by atoms with E-state index in [4.69, 9.17) is 0 Å². The smallest absolute Gasteiger partial charge is 0.0174 e. The third kappa shape index (κ3) is 1.05. The van der Waals surface area contributed by atoms with Crippen LogP contribution in [0, 0.1) is 0 Å². The van der Waals surface area contributed by atoms with Gasteiger partial charge in [-0.2, -0.15) is 0 Å². The molecule has 0 radical (unpaired) electrons. The Balaban J connectivity index is 1.90. The lowest BCUT2D eigenvalue weighted by Crippen LogP contribution is -2.30. The van der Waals surface area contributed by atoms with Crippen LogP contribution < -0.4 is 0 Å². The van der Waals surface area contributed by atoms with Crippen molar-refractivity contribution in [3.8, 4) is 0 Å². The van der Waals surface area contributed by atoms with E-state index in [1.165, 1.54) is 45.2 Å². The van der Waals surface area contributed by atoms with Crippen molar-refractivity contribution in [1.82, 2.24) is 4.90 Å². The van der Waals surface area contributed by atoms with Crippen LogP contribution in [0.25, 0.3) is 0 Å². The molecule has 1 aliphatic carbocycles. The van der Waals surface area contributed by atoms with Crippen molar-refractivity contribution >= 4 is 0 Å². The molecule has 1 nitrogen and oxygen atoms in total. The molecule has 0 aromatic carbocycles. The topological polar surface area (TPSA) is 3.24 Å². The number of allylic oxidation sites excluding steroid dienone is 2. The van der Waals surface area contributed by atoms with Crippen LogP contribution in [0.15, 0.2) is 11.8 Å². The van der Waals surface area contributed by atoms with Gasteiger partial charge < -0.3 is 4.90 Å². The summed E-state index contributed by atoms with van der Waals surface area (Å²) in [5.41, 5.74) is 1.62. The van der Waals surface area contributed by atoms with Gasteiger partial charge in [-0.05, 0) is 32.1 Å². The maximum Gasteiger partial charge on any atom is 0.0174 e. The number of hydrogen-bond acceptors (Lipinski definition) is 1. The Kier molecular flexibility index (Phi) is 1.66. The number of likely N-dealkylation sites (tertiary alicyclic amines) is 1. The minimum Gasteiger partial charge on any atom is -0.375 e. The molecule has 0 saturated carbocycles. The molecule has 0 spiro atoms. The van der Waals surface area contributed by atoms with E-state index in [1.54, 1.807) is 5.70 Å². The summed E-state index contributed by atoms with van der Waals surface area (Å²) < 4.78 is 0. The lowest BCUT2D eigenvalue weighted by Gasteiger charge is -2.34. The molecule has 0 unspecified atom stereocenters. The summed E-state index contributed by atoms with van der Waals surface area (Å²) in [4.78, 5) is 2.56. The third-order valence-electron chi connectivity index (χ3n) is 2.54. The van der Waals surface area contributed by atoms with E-state index in [1.807, 2.05) is 0 Å². The largest absolute Gasteiger partial charge is 0.375 e. The Bertz CT molecular complexity index is 143. The molecule has 0 atom stereocenters. The van der Waals surface area contributed by atoms with Gasteiger partial charge >= 0.3 is 0 Å². The van der Waals surface area contributed by atoms with Crippen molar-refractivity contribution in [3.63, 3.8) is 0 Å². The molecule has 10 heavy (non-hydrogen) atoms. The average molecular weight is 137 g/mol. The highest BCUT2D eigenvalue weighted by Crippen LogP contribution is 2.25. The van der Waals surface area contributed by atoms with Crippen molar-refractivity contribution in [2.24, 2.45) is 0 Å². The molecule has 0 aromatic heterocycles. The summed E-state index contributed by atoms with van der Waals surface area (Å²) in [5.74, 6) is 0. The fourth-order valence-electron chi connectivity index (χ4n) is 1.74. The molecule has 0 N–H and O–H groups in total. The number of piperidine rings is 1. The van der Waals surface area contributed by atoms with Gasteiger partial charge in [0.15, 0.2) is 0 Å². The van der Waals surface area contributed by atoms with E-state index >= 15 is 0 Å². The second kappa shape index (κ2) is 2.65. The first-order chi connectivity index (χ1) is 4.97. The van der Waals surface area contributed by atoms with E-state index in [2.05, 4.69) is 11.0 Å². The van der Waals surface area contributed by atoms with Gasteiger partial charge in [-0.15, -0.1) is 0 Å². The van der Waals surface area contributed by atoms with E-state index in [0.717, 1.165) is 0 Å². The SMILES string of the molecule is C1=C(N2CCCCC2)CC1. The van der Waals surface area contributed by atoms with E-state index < -0.39 is 0 Å². The summed E-state index contributed by atoms with van der Waals surface area (Å²) in [6.45, 7) is 2.65. The molecule has 0 aromatic rings. The maximum absolute atomic E-state index is 2.56. The molecule has 2 rings (SSSR count). The predicted octanol–water partition coefficient (Wildman–Crippen LogP) is 2.15. The minimum absolute atomic E-state index is 1.33. The normalized spacial score (nSPS) is 25.6. The molecular formula is C9H15N. The third-order valence-corrected chi connectivity index (χ3v) is 2.54. The van der Waals surface area contributed by atoms with Crippen LogP contribution in [-0.2, 0) is 0 Å². The summed E-state index contributed by atoms with van der Waals surface area (Å²) in [6, 6.07) is 0. The van der Waals surface area contributed by atoms with Crippen LogP contribution in [0.5, 0.6) is 0 Å². The van der Waals surface area contributed by atoms with Crippen LogP contribution >= 0.6 is 0 Å². The van der Waals surface area contributed by atoms with E-state index in [9.17, 15) is 0 Å². The van der Waals surface area contributed by atoms with Gasteiger partial charge in [0.1, 0.15) is 0 Å². The first-order valence-corrected chi connectivity index (χ1v) is 4.41. The van der Waals surface area contributed by atoms with Gasteiger partial charge in [0, 0.05) is 18.8 Å². The number of hydrogen-bond donors (Lipinski definition) is 0. The zero-order valence-corrected chi connectivity index (χ0v) is 6.47. The van der Waals surface area contributed by atoms with Crippen molar-refractivity contribution < 1.29 is 0 Å². The Morgan fingerprint density at radius 1 is 1.10 bits per heavy atom. The van der Waals surface area contributed by atoms with Crippen molar-refractivity contribution in [2.75, 3.05) is 13.1 Å². The molecule has 0 bridgehead atoms. The maximum atomic E-state index is 2.56. The van der Waals surface area contributed by atoms with Crippen molar-refractivity contribution in [3.05, 3.63) is 11.8 Å². The van der Waals surface area contributed by atoms with Gasteiger partial charge in [0.2, 0.25) is 0 Å². The molecule has 2 aliphatic rings. The molecule has 56 valence electrons. The highest BCUT2D eigenvalue weighted by molar-refractivity contribution is 5.11. The summed E-state index contributed by atoms with van der Waals surface area (Å²) in [5, 5.41) is 0. The fourth-order valence-corrected chi connectivity index (χ4v) is 1.74. The average Bonchev–Trinajstić information content (AvgIpc) is 1.86. The molecule has 1 saturated heterocycles. The fraction of sp³-hybridized carbons (Fsp3) is 0.778. The first-order valence-electron chi connectivity index (χ1n) is 4.41. The van der Waals surface area contributed by atoms with Gasteiger partial charge in [-0.3, -0.25) is 0 Å². The van der Waals surface area contributed by atoms with Crippen LogP contribution in [0.3, 0.4) is 0 Å². The molecular weight excluding hydrogens is 122 g/mol. The predicted molar refractivity (Wildman–Crippen MR) is 42.7 cm³/mol. The molecule has 1 heterocycles. The quantitative estimate of drug-likeness (QED) is 0.535. The highest BCUT2D eigenvalue weighted by Gasteiger charge is 2.15. The zero-order chi connectivity index (χ0) is 6.81. The monoisotopic (exact) mass is 137 g/mol. The van der Waals surface area contributed by atoms with Gasteiger partial charge in [-0.1, -0.05) is 6.08 Å². The molecule has 1 fully saturated rings. The molecule has 1 aliphatic heterocycles. The van der Waals surface area contributed by atoms with Crippen LogP contribution in [-0.4, -0.2) is 18.0 Å². The standard InChI is InChI=1S/C9H15N/c1-2-7-10(8-3-1)9-5-4-6-9/h5H,1-4,6-8H2. The van der Waals surface area contributed by atoms with Crippen molar-refractivity contribution in [2.45, 2.75) is 32.1 Å². The highest BCUT2D eigenvalue weighted by atomic mass is 15.1. The van der Waals surface area contributed by atoms with Crippen LogP contribution in [0.1, 0.15) is 32.1 Å². The van der Waals surface area contributed by atoms with Crippen LogP contribution in [0.4, 0.5) is 0 Å². The summed E-state index contributed by atoms with van der Waals surface area (Å²) >= 11 is 0. The summed E-state index contributed by atoms with van der Waals surface area (Å²) in [6.07, 6.45) is 9.33. The Hall–Kier alpha value is -0.460. The second-order valence-electron chi connectivity index (χ2n) is 3.28. The number of rotatable bonds is 1. The minimum atomic E-state index is 1.33. The zero-order valence-electron chi connectivity index (χ0n) is 6.47. The van der Waals surface area contributed by atoms with Crippen molar-refractivity contribution in [1.29, 1.82) is 0 Å². The van der Waals surface area contributed by atoms with E-state index in [0.29, 0.717) is 0 Å². The van der Waals surface area contributed by atoms with E-state index in [-0.39, 0.29) is 0 Å². The first kappa shape index (κ1) is 6.26. The van der Waals surface area contributed by atoms with Crippen LogP contribution in [0.2, 0.25) is 0 Å². The Morgan fingerprint density at radius 3 is 2.30 bits per heavy atom. The van der Waals surface area contributed by atoms with Gasteiger partial charge in [-0.25, -0.2) is 0 Å². The lowest BCUT2D eigenvalue weighted by atomic mass is 10.0. The number of nitrogens with zero attached hydrogens (tertiary/aromatic N) is 1. The van der Waals surface area contributed by atoms with Gasteiger partial charge in [0.05, 0.1) is 0 Å². The Labute approximate surface area is 62.7 Å². The molecule has 0 amide bonds. The Morgan fingerprint density at radius 2 is 1.80 bits per heavy atom.